The standard InChI is InChI=1S/C14H20N2O2/c1-5-11(8-15)9-16-12-6-7-13(17-3)10(2)14(12)18-4/h6-7,11,16H,5,9H2,1-4H3. The van der Waals surface area contributed by atoms with E-state index in [1.54, 1.807) is 14.2 Å². The molecule has 1 aromatic carbocycles. The first-order valence-corrected chi connectivity index (χ1v) is 6.02. The minimum absolute atomic E-state index is 0.0112. The predicted molar refractivity (Wildman–Crippen MR) is 72.2 cm³/mol. The van der Waals surface area contributed by atoms with Crippen molar-refractivity contribution in [3.05, 3.63) is 17.7 Å². The largest absolute Gasteiger partial charge is 0.496 e. The second-order valence-corrected chi connectivity index (χ2v) is 4.09. The van der Waals surface area contributed by atoms with E-state index in [0.717, 1.165) is 29.2 Å². The van der Waals surface area contributed by atoms with E-state index < -0.39 is 0 Å². The van der Waals surface area contributed by atoms with E-state index in [2.05, 4.69) is 11.4 Å². The Labute approximate surface area is 109 Å². The van der Waals surface area contributed by atoms with Gasteiger partial charge in [0.15, 0.2) is 0 Å². The van der Waals surface area contributed by atoms with Crippen LogP contribution in [-0.2, 0) is 0 Å². The second kappa shape index (κ2) is 6.75. The molecule has 0 heterocycles. The lowest BCUT2D eigenvalue weighted by Crippen LogP contribution is -2.12. The van der Waals surface area contributed by atoms with Gasteiger partial charge in [-0.2, -0.15) is 5.26 Å². The molecule has 4 nitrogen and oxygen atoms in total. The van der Waals surface area contributed by atoms with Gasteiger partial charge in [-0.1, -0.05) is 6.92 Å². The smallest absolute Gasteiger partial charge is 0.148 e. The lowest BCUT2D eigenvalue weighted by atomic mass is 10.1. The Morgan fingerprint density at radius 3 is 2.56 bits per heavy atom. The molecule has 0 amide bonds. The molecule has 98 valence electrons. The Morgan fingerprint density at radius 1 is 1.33 bits per heavy atom. The molecule has 1 rings (SSSR count). The van der Waals surface area contributed by atoms with Crippen LogP contribution in [0.25, 0.3) is 0 Å². The number of nitrogens with one attached hydrogen (secondary N) is 1. The molecule has 0 spiro atoms. The fourth-order valence-corrected chi connectivity index (χ4v) is 1.81. The number of nitriles is 1. The number of hydrogen-bond donors (Lipinski definition) is 1. The summed E-state index contributed by atoms with van der Waals surface area (Å²) in [4.78, 5) is 0. The number of anilines is 1. The number of nitrogens with zero attached hydrogens (tertiary/aromatic N) is 1. The molecule has 1 N–H and O–H groups in total. The van der Waals surface area contributed by atoms with E-state index in [0.29, 0.717) is 6.54 Å². The van der Waals surface area contributed by atoms with Crippen molar-refractivity contribution in [2.45, 2.75) is 20.3 Å². The van der Waals surface area contributed by atoms with Gasteiger partial charge in [-0.05, 0) is 25.5 Å². The second-order valence-electron chi connectivity index (χ2n) is 4.09. The van der Waals surface area contributed by atoms with Crippen LogP contribution in [0.4, 0.5) is 5.69 Å². The number of benzene rings is 1. The van der Waals surface area contributed by atoms with Gasteiger partial charge < -0.3 is 14.8 Å². The van der Waals surface area contributed by atoms with Gasteiger partial charge in [0.25, 0.3) is 0 Å². The highest BCUT2D eigenvalue weighted by Gasteiger charge is 2.12. The predicted octanol–water partition coefficient (Wildman–Crippen LogP) is 2.97. The summed E-state index contributed by atoms with van der Waals surface area (Å²) >= 11 is 0. The lowest BCUT2D eigenvalue weighted by Gasteiger charge is -2.16. The SMILES string of the molecule is CCC(C#N)CNc1ccc(OC)c(C)c1OC. The molecule has 1 unspecified atom stereocenters. The third-order valence-corrected chi connectivity index (χ3v) is 2.99. The average molecular weight is 248 g/mol. The zero-order valence-corrected chi connectivity index (χ0v) is 11.4. The van der Waals surface area contributed by atoms with Crippen LogP contribution in [0.2, 0.25) is 0 Å². The molecule has 0 saturated carbocycles. The van der Waals surface area contributed by atoms with Gasteiger partial charge in [-0.25, -0.2) is 0 Å². The molecule has 1 atom stereocenters. The highest BCUT2D eigenvalue weighted by molar-refractivity contribution is 5.64. The van der Waals surface area contributed by atoms with Crippen molar-refractivity contribution in [1.29, 1.82) is 5.26 Å². The molecule has 18 heavy (non-hydrogen) atoms. The molecule has 1 aromatic rings. The molecule has 0 aliphatic rings. The van der Waals surface area contributed by atoms with Gasteiger partial charge in [0.05, 0.1) is 31.9 Å². The van der Waals surface area contributed by atoms with Gasteiger partial charge in [0.1, 0.15) is 11.5 Å². The maximum absolute atomic E-state index is 8.93. The Kier molecular flexibility index (Phi) is 5.31. The lowest BCUT2D eigenvalue weighted by molar-refractivity contribution is 0.390. The van der Waals surface area contributed by atoms with Gasteiger partial charge in [0, 0.05) is 12.1 Å². The van der Waals surface area contributed by atoms with E-state index in [1.165, 1.54) is 0 Å². The summed E-state index contributed by atoms with van der Waals surface area (Å²) in [6.45, 7) is 4.58. The molecule has 0 aromatic heterocycles. The van der Waals surface area contributed by atoms with Crippen molar-refractivity contribution in [3.8, 4) is 17.6 Å². The van der Waals surface area contributed by atoms with Crippen LogP contribution in [-0.4, -0.2) is 20.8 Å². The van der Waals surface area contributed by atoms with Crippen LogP contribution in [0.1, 0.15) is 18.9 Å². The van der Waals surface area contributed by atoms with Gasteiger partial charge in [-0.15, -0.1) is 0 Å². The van der Waals surface area contributed by atoms with Crippen LogP contribution in [0.5, 0.6) is 11.5 Å². The highest BCUT2D eigenvalue weighted by Crippen LogP contribution is 2.34. The van der Waals surface area contributed by atoms with Crippen molar-refractivity contribution in [2.24, 2.45) is 5.92 Å². The van der Waals surface area contributed by atoms with Crippen LogP contribution in [0, 0.1) is 24.2 Å². The molecule has 0 aliphatic heterocycles. The Bertz CT molecular complexity index is 438. The van der Waals surface area contributed by atoms with E-state index in [4.69, 9.17) is 14.7 Å². The molecule has 0 bridgehead atoms. The minimum atomic E-state index is 0.0112. The number of ether oxygens (including phenoxy) is 2. The first kappa shape index (κ1) is 14.2. The Balaban J connectivity index is 2.90. The van der Waals surface area contributed by atoms with Crippen molar-refractivity contribution < 1.29 is 9.47 Å². The van der Waals surface area contributed by atoms with Crippen molar-refractivity contribution >= 4 is 5.69 Å². The summed E-state index contributed by atoms with van der Waals surface area (Å²) in [6.07, 6.45) is 0.834. The number of methoxy groups -OCH3 is 2. The van der Waals surface area contributed by atoms with Crippen molar-refractivity contribution in [3.63, 3.8) is 0 Å². The summed E-state index contributed by atoms with van der Waals surface area (Å²) in [5.74, 6) is 1.57. The summed E-state index contributed by atoms with van der Waals surface area (Å²) in [5.41, 5.74) is 1.85. The molecule has 4 heteroatoms. The number of hydrogen-bond acceptors (Lipinski definition) is 4. The van der Waals surface area contributed by atoms with Gasteiger partial charge >= 0.3 is 0 Å². The zero-order valence-electron chi connectivity index (χ0n) is 11.4. The average Bonchev–Trinajstić information content (AvgIpc) is 2.40. The fraction of sp³-hybridized carbons (Fsp3) is 0.500. The summed E-state index contributed by atoms with van der Waals surface area (Å²) in [7, 11) is 3.27. The minimum Gasteiger partial charge on any atom is -0.496 e. The number of rotatable bonds is 6. The third kappa shape index (κ3) is 3.07. The Morgan fingerprint density at radius 2 is 2.06 bits per heavy atom. The monoisotopic (exact) mass is 248 g/mol. The highest BCUT2D eigenvalue weighted by atomic mass is 16.5. The molecule has 0 aliphatic carbocycles. The first-order chi connectivity index (χ1) is 8.67. The van der Waals surface area contributed by atoms with Crippen LogP contribution in [0.3, 0.4) is 0 Å². The normalized spacial score (nSPS) is 11.5. The van der Waals surface area contributed by atoms with Gasteiger partial charge in [-0.3, -0.25) is 0 Å². The van der Waals surface area contributed by atoms with E-state index >= 15 is 0 Å². The molecule has 0 radical (unpaired) electrons. The quantitative estimate of drug-likeness (QED) is 0.841. The maximum Gasteiger partial charge on any atom is 0.148 e. The van der Waals surface area contributed by atoms with Crippen LogP contribution in [0.15, 0.2) is 12.1 Å². The van der Waals surface area contributed by atoms with Crippen molar-refractivity contribution in [2.75, 3.05) is 26.1 Å². The van der Waals surface area contributed by atoms with Crippen molar-refractivity contribution in [1.82, 2.24) is 0 Å². The molecular formula is C14H20N2O2. The third-order valence-electron chi connectivity index (χ3n) is 2.99. The van der Waals surface area contributed by atoms with Crippen LogP contribution >= 0.6 is 0 Å². The van der Waals surface area contributed by atoms with E-state index in [1.807, 2.05) is 26.0 Å². The maximum atomic E-state index is 8.93. The summed E-state index contributed by atoms with van der Waals surface area (Å²) in [5, 5.41) is 12.2. The Hall–Kier alpha value is -1.89. The zero-order chi connectivity index (χ0) is 13.5. The molecular weight excluding hydrogens is 228 g/mol. The fourth-order valence-electron chi connectivity index (χ4n) is 1.81. The summed E-state index contributed by atoms with van der Waals surface area (Å²) in [6, 6.07) is 6.08. The van der Waals surface area contributed by atoms with E-state index in [-0.39, 0.29) is 5.92 Å². The molecule has 0 fully saturated rings. The first-order valence-electron chi connectivity index (χ1n) is 6.02. The topological polar surface area (TPSA) is 54.3 Å². The van der Waals surface area contributed by atoms with Gasteiger partial charge in [0.2, 0.25) is 0 Å². The summed E-state index contributed by atoms with van der Waals surface area (Å²) < 4.78 is 10.6. The van der Waals surface area contributed by atoms with Crippen LogP contribution < -0.4 is 14.8 Å². The van der Waals surface area contributed by atoms with E-state index in [9.17, 15) is 0 Å². The molecule has 0 saturated heterocycles.